The molecule has 7 rings (SSSR count). The number of aliphatic hydroxyl groups is 2. The van der Waals surface area contributed by atoms with Crippen molar-refractivity contribution in [3.8, 4) is 11.5 Å². The fourth-order valence-corrected chi connectivity index (χ4v) is 9.52. The van der Waals surface area contributed by atoms with E-state index in [-0.39, 0.29) is 50.6 Å². The van der Waals surface area contributed by atoms with Crippen molar-refractivity contribution < 1.29 is 43.5 Å². The van der Waals surface area contributed by atoms with E-state index in [4.69, 9.17) is 33.7 Å². The number of likely N-dealkylation sites (N-methyl/N-ethyl adjacent to an activating group) is 1. The first-order valence-corrected chi connectivity index (χ1v) is 21.7. The zero-order chi connectivity index (χ0) is 41.9. The number of hydrogen-bond acceptors (Lipinski definition) is 11. The Kier molecular flexibility index (Phi) is 14.9. The van der Waals surface area contributed by atoms with Crippen molar-refractivity contribution >= 4 is 11.8 Å². The first-order valence-electron chi connectivity index (χ1n) is 21.7. The van der Waals surface area contributed by atoms with Crippen molar-refractivity contribution in [3.63, 3.8) is 0 Å². The molecule has 2 aromatic carbocycles. The Hall–Kier alpha value is -4.75. The van der Waals surface area contributed by atoms with E-state index < -0.39 is 30.1 Å². The predicted octanol–water partition coefficient (Wildman–Crippen LogP) is 8.40. The molecule has 2 aliphatic carbocycles. The SMILES string of the molecule is C=CCOC12Oc3ccc(OCc4cccc(C)n4)cc3C3C(CCCCO)C(CCCCO)C=C(C(=NOC4CCCCO4)CC1N(C)C(=O)OCc1ccccc1)C32. The van der Waals surface area contributed by atoms with Crippen molar-refractivity contribution in [2.24, 2.45) is 22.9 Å². The van der Waals surface area contributed by atoms with Crippen LogP contribution in [-0.4, -0.2) is 83.5 Å². The smallest absolute Gasteiger partial charge is 0.410 e. The van der Waals surface area contributed by atoms with Crippen LogP contribution in [0.2, 0.25) is 0 Å². The number of nitrogens with zero attached hydrogens (tertiary/aromatic N) is 3. The molecule has 60 heavy (non-hydrogen) atoms. The first kappa shape index (κ1) is 43.3. The average molecular weight is 824 g/mol. The highest BCUT2D eigenvalue weighted by atomic mass is 16.8. The highest BCUT2D eigenvalue weighted by Gasteiger charge is 2.65. The quantitative estimate of drug-likeness (QED) is 0.0688. The van der Waals surface area contributed by atoms with Crippen LogP contribution in [0.25, 0.3) is 0 Å². The van der Waals surface area contributed by atoms with Crippen molar-refractivity contribution in [2.75, 3.05) is 33.5 Å². The lowest BCUT2D eigenvalue weighted by Gasteiger charge is -2.59. The van der Waals surface area contributed by atoms with E-state index in [0.717, 1.165) is 73.0 Å². The second-order valence-electron chi connectivity index (χ2n) is 16.4. The molecular weight excluding hydrogens is 763 g/mol. The summed E-state index contributed by atoms with van der Waals surface area (Å²) in [5.41, 5.74) is 5.26. The van der Waals surface area contributed by atoms with Gasteiger partial charge in [-0.3, -0.25) is 4.98 Å². The largest absolute Gasteiger partial charge is 0.487 e. The monoisotopic (exact) mass is 823 g/mol. The van der Waals surface area contributed by atoms with Gasteiger partial charge in [0.05, 0.1) is 30.5 Å². The van der Waals surface area contributed by atoms with Gasteiger partial charge in [0.1, 0.15) is 30.8 Å². The number of allylic oxidation sites excluding steroid dienone is 1. The number of carbonyl (C=O) groups excluding carboxylic acids is 1. The molecule has 12 heteroatoms. The second-order valence-corrected chi connectivity index (χ2v) is 16.4. The Morgan fingerprint density at radius 1 is 1.02 bits per heavy atom. The Balaban J connectivity index is 1.36. The standard InChI is InChI=1S/C48H61N3O9/c1-4-26-58-48-43(51(3)47(54)57-31-34-16-6-5-7-17-34)30-41(50-60-44-21-10-13-27-55-44)39-28-35(18-8-11-24-52)38(20-9-12-25-53)45(46(39)48)40-29-37(22-23-42(40)59-48)56-32-36-19-14-15-33(2)49-36/h4-7,14-17,19,22-23,28-29,35,38,43-46,52-53H,1,8-13,18,20-21,24-27,30-32H2,2-3H3. The Bertz CT molecular complexity index is 1950. The summed E-state index contributed by atoms with van der Waals surface area (Å²) in [6, 6.07) is 20.7. The molecule has 4 aliphatic rings. The van der Waals surface area contributed by atoms with Crippen LogP contribution in [0, 0.1) is 24.7 Å². The van der Waals surface area contributed by atoms with Gasteiger partial charge in [-0.25, -0.2) is 4.79 Å². The number of benzene rings is 2. The molecule has 0 spiro atoms. The Morgan fingerprint density at radius 2 is 1.83 bits per heavy atom. The molecule has 2 fully saturated rings. The van der Waals surface area contributed by atoms with Crippen molar-refractivity contribution in [3.05, 3.63) is 114 Å². The van der Waals surface area contributed by atoms with E-state index in [9.17, 15) is 15.0 Å². The highest BCUT2D eigenvalue weighted by Crippen LogP contribution is 2.62. The Morgan fingerprint density at radius 3 is 2.58 bits per heavy atom. The summed E-state index contributed by atoms with van der Waals surface area (Å²) in [4.78, 5) is 26.7. The second kappa shape index (κ2) is 20.7. The number of oxime groups is 1. The topological polar surface area (TPSA) is 141 Å². The normalized spacial score (nSPS) is 26.2. The maximum absolute atomic E-state index is 14.2. The number of ether oxygens (including phenoxy) is 5. The maximum atomic E-state index is 14.2. The molecule has 1 saturated carbocycles. The number of aryl methyl sites for hydroxylation is 1. The summed E-state index contributed by atoms with van der Waals surface area (Å²) >= 11 is 0. The van der Waals surface area contributed by atoms with E-state index in [0.29, 0.717) is 43.3 Å². The molecule has 1 saturated heterocycles. The summed E-state index contributed by atoms with van der Waals surface area (Å²) in [6.45, 7) is 7.37. The highest BCUT2D eigenvalue weighted by molar-refractivity contribution is 6.03. The van der Waals surface area contributed by atoms with E-state index in [1.165, 1.54) is 0 Å². The van der Waals surface area contributed by atoms with Gasteiger partial charge in [-0.05, 0) is 98.8 Å². The molecule has 12 nitrogen and oxygen atoms in total. The van der Waals surface area contributed by atoms with Crippen LogP contribution in [0.15, 0.2) is 96.2 Å². The zero-order valence-electron chi connectivity index (χ0n) is 35.1. The van der Waals surface area contributed by atoms with Gasteiger partial charge >= 0.3 is 6.09 Å². The summed E-state index contributed by atoms with van der Waals surface area (Å²) in [7, 11) is 1.73. The minimum absolute atomic E-state index is 0.0740. The van der Waals surface area contributed by atoms with E-state index in [2.05, 4.69) is 23.7 Å². The summed E-state index contributed by atoms with van der Waals surface area (Å²) in [6.07, 6.45) is 10.7. The summed E-state index contributed by atoms with van der Waals surface area (Å²) in [5, 5.41) is 24.7. The molecule has 2 aliphatic heterocycles. The van der Waals surface area contributed by atoms with E-state index >= 15 is 0 Å². The van der Waals surface area contributed by atoms with Gasteiger partial charge in [0.15, 0.2) is 0 Å². The summed E-state index contributed by atoms with van der Waals surface area (Å²) < 4.78 is 32.6. The third-order valence-corrected chi connectivity index (χ3v) is 12.4. The number of carbonyl (C=O) groups is 1. The van der Waals surface area contributed by atoms with E-state index in [1.807, 2.05) is 67.6 Å². The molecule has 7 atom stereocenters. The van der Waals surface area contributed by atoms with Crippen LogP contribution in [0.5, 0.6) is 11.5 Å². The third-order valence-electron chi connectivity index (χ3n) is 12.4. The molecule has 2 N–H and O–H groups in total. The fraction of sp³-hybridized carbons (Fsp3) is 0.521. The molecular formula is C48H61N3O9. The van der Waals surface area contributed by atoms with Gasteiger partial charge in [0.25, 0.3) is 0 Å². The van der Waals surface area contributed by atoms with Gasteiger partial charge in [0, 0.05) is 50.3 Å². The molecule has 0 bridgehead atoms. The van der Waals surface area contributed by atoms with Gasteiger partial charge in [-0.1, -0.05) is 66.5 Å². The molecule has 1 amide bonds. The van der Waals surface area contributed by atoms with Crippen molar-refractivity contribution in [1.82, 2.24) is 9.88 Å². The number of amides is 1. The predicted molar refractivity (Wildman–Crippen MR) is 227 cm³/mol. The molecule has 1 aromatic heterocycles. The van der Waals surface area contributed by atoms with Crippen LogP contribution < -0.4 is 9.47 Å². The number of aromatic nitrogens is 1. The Labute approximate surface area is 354 Å². The number of fused-ring (bicyclic) bond motifs is 2. The molecule has 3 heterocycles. The number of unbranched alkanes of at least 4 members (excludes halogenated alkanes) is 2. The van der Waals surface area contributed by atoms with Gasteiger partial charge in [0.2, 0.25) is 12.1 Å². The van der Waals surface area contributed by atoms with Crippen LogP contribution in [0.4, 0.5) is 4.79 Å². The number of rotatable bonds is 19. The zero-order valence-corrected chi connectivity index (χ0v) is 35.1. The molecule has 7 unspecified atom stereocenters. The lowest BCUT2D eigenvalue weighted by atomic mass is 9.55. The van der Waals surface area contributed by atoms with Crippen LogP contribution >= 0.6 is 0 Å². The lowest BCUT2D eigenvalue weighted by Crippen LogP contribution is -2.69. The maximum Gasteiger partial charge on any atom is 0.410 e. The number of hydrogen-bond donors (Lipinski definition) is 2. The van der Waals surface area contributed by atoms with Crippen LogP contribution in [0.1, 0.15) is 92.6 Å². The average Bonchev–Trinajstić information content (AvgIpc) is 3.27. The lowest BCUT2D eigenvalue weighted by molar-refractivity contribution is -0.254. The third kappa shape index (κ3) is 9.89. The summed E-state index contributed by atoms with van der Waals surface area (Å²) in [5.74, 6) is -0.538. The fourth-order valence-electron chi connectivity index (χ4n) is 9.52. The van der Waals surface area contributed by atoms with Gasteiger partial charge in [-0.2, -0.15) is 0 Å². The minimum atomic E-state index is -1.39. The number of pyridine rings is 1. The number of aliphatic hydroxyl groups excluding tert-OH is 2. The molecule has 0 radical (unpaired) electrons. The van der Waals surface area contributed by atoms with E-state index in [1.54, 1.807) is 18.0 Å². The van der Waals surface area contributed by atoms with Gasteiger partial charge < -0.3 is 43.6 Å². The first-order chi connectivity index (χ1) is 29.3. The van der Waals surface area contributed by atoms with Crippen molar-refractivity contribution in [2.45, 2.75) is 108 Å². The van der Waals surface area contributed by atoms with Crippen LogP contribution in [-0.2, 0) is 32.3 Å². The molecule has 3 aromatic rings. The minimum Gasteiger partial charge on any atom is -0.487 e. The molecule has 322 valence electrons. The van der Waals surface area contributed by atoms with Crippen molar-refractivity contribution in [1.29, 1.82) is 0 Å². The van der Waals surface area contributed by atoms with Crippen LogP contribution in [0.3, 0.4) is 0 Å². The van der Waals surface area contributed by atoms with Gasteiger partial charge in [-0.15, -0.1) is 6.58 Å².